The average Bonchev–Trinajstić information content (AvgIpc) is 2.56. The zero-order valence-corrected chi connectivity index (χ0v) is 14.0. The Labute approximate surface area is 147 Å². The van der Waals surface area contributed by atoms with Crippen molar-refractivity contribution in [3.05, 3.63) is 63.9 Å². The summed E-state index contributed by atoms with van der Waals surface area (Å²) in [5, 5.41) is 6.55. The third kappa shape index (κ3) is 4.78. The highest BCUT2D eigenvalue weighted by molar-refractivity contribution is 6.40. The molecule has 0 saturated heterocycles. The van der Waals surface area contributed by atoms with Crippen LogP contribution in [0.5, 0.6) is 0 Å². The summed E-state index contributed by atoms with van der Waals surface area (Å²) >= 11 is 11.4. The van der Waals surface area contributed by atoms with Crippen molar-refractivity contribution in [3.63, 3.8) is 0 Å². The topological polar surface area (TPSA) is 70.6 Å². The smallest absolute Gasteiger partial charge is 0.318 e. The second kappa shape index (κ2) is 7.90. The molecule has 2 aromatic carbocycles. The highest BCUT2D eigenvalue weighted by Crippen LogP contribution is 2.19. The lowest BCUT2D eigenvalue weighted by molar-refractivity contribution is -0.136. The molecule has 2 rings (SSSR count). The van der Waals surface area contributed by atoms with E-state index >= 15 is 0 Å². The van der Waals surface area contributed by atoms with Crippen molar-refractivity contribution < 1.29 is 14.0 Å². The molecule has 0 aromatic heterocycles. The van der Waals surface area contributed by atoms with Crippen LogP contribution >= 0.6 is 23.2 Å². The van der Waals surface area contributed by atoms with Crippen LogP contribution in [0.25, 0.3) is 0 Å². The highest BCUT2D eigenvalue weighted by Gasteiger charge is 2.14. The molecule has 0 heterocycles. The molecule has 0 spiro atoms. The number of anilines is 1. The van der Waals surface area contributed by atoms with Crippen LogP contribution in [0, 0.1) is 5.82 Å². The Balaban J connectivity index is 1.98. The van der Waals surface area contributed by atoms with Crippen LogP contribution in [0.4, 0.5) is 10.1 Å². The first kappa shape index (κ1) is 17.9. The van der Waals surface area contributed by atoms with Crippen LogP contribution in [0.3, 0.4) is 0 Å². The van der Waals surface area contributed by atoms with Crippen molar-refractivity contribution in [2.75, 3.05) is 5.32 Å². The van der Waals surface area contributed by atoms with Gasteiger partial charge < -0.3 is 5.32 Å². The van der Waals surface area contributed by atoms with Gasteiger partial charge in [-0.1, -0.05) is 35.3 Å². The minimum absolute atomic E-state index is 0.162. The fraction of sp³-hybridized carbons (Fsp3) is 0.0625. The Morgan fingerprint density at radius 1 is 1.04 bits per heavy atom. The number of rotatable bonds is 3. The summed E-state index contributed by atoms with van der Waals surface area (Å²) in [4.78, 5) is 23.5. The van der Waals surface area contributed by atoms with Gasteiger partial charge in [-0.2, -0.15) is 5.10 Å². The van der Waals surface area contributed by atoms with Gasteiger partial charge in [0.15, 0.2) is 0 Å². The molecule has 2 N–H and O–H groups in total. The number of carbonyl (C=O) groups excluding carboxylic acids is 2. The first-order valence-corrected chi connectivity index (χ1v) is 7.49. The van der Waals surface area contributed by atoms with Crippen LogP contribution < -0.4 is 10.7 Å². The van der Waals surface area contributed by atoms with Crippen molar-refractivity contribution in [3.8, 4) is 0 Å². The maximum atomic E-state index is 13.0. The van der Waals surface area contributed by atoms with Crippen molar-refractivity contribution in [1.82, 2.24) is 5.43 Å². The molecule has 0 aliphatic rings. The summed E-state index contributed by atoms with van der Waals surface area (Å²) in [7, 11) is 0. The van der Waals surface area contributed by atoms with E-state index < -0.39 is 17.6 Å². The predicted molar refractivity (Wildman–Crippen MR) is 91.8 cm³/mol. The number of nitrogens with zero attached hydrogens (tertiary/aromatic N) is 1. The Morgan fingerprint density at radius 2 is 1.71 bits per heavy atom. The van der Waals surface area contributed by atoms with Crippen molar-refractivity contribution >= 4 is 46.4 Å². The number of hydrogen-bond acceptors (Lipinski definition) is 3. The molecule has 2 amide bonds. The summed E-state index contributed by atoms with van der Waals surface area (Å²) in [6.07, 6.45) is 0. The second-order valence-corrected chi connectivity index (χ2v) is 5.57. The van der Waals surface area contributed by atoms with Crippen molar-refractivity contribution in [2.45, 2.75) is 6.92 Å². The Bertz CT molecular complexity index is 807. The van der Waals surface area contributed by atoms with E-state index in [1.807, 2.05) is 0 Å². The van der Waals surface area contributed by atoms with Crippen LogP contribution in [-0.2, 0) is 9.59 Å². The van der Waals surface area contributed by atoms with Crippen LogP contribution in [0.1, 0.15) is 12.5 Å². The van der Waals surface area contributed by atoms with E-state index in [2.05, 4.69) is 15.8 Å². The minimum Gasteiger partial charge on any atom is -0.318 e. The van der Waals surface area contributed by atoms with Gasteiger partial charge in [0.05, 0.1) is 10.7 Å². The zero-order chi connectivity index (χ0) is 17.7. The molecular weight excluding hydrogens is 356 g/mol. The summed E-state index contributed by atoms with van der Waals surface area (Å²) in [6, 6.07) is 10.4. The van der Waals surface area contributed by atoms with Gasteiger partial charge in [0.1, 0.15) is 5.82 Å². The maximum absolute atomic E-state index is 13.0. The normalized spacial score (nSPS) is 11.1. The lowest BCUT2D eigenvalue weighted by Crippen LogP contribution is -2.32. The predicted octanol–water partition coefficient (Wildman–Crippen LogP) is 3.61. The number of amides is 2. The quantitative estimate of drug-likeness (QED) is 0.494. The number of carbonyl (C=O) groups is 2. The monoisotopic (exact) mass is 367 g/mol. The number of hydrogen-bond donors (Lipinski definition) is 2. The van der Waals surface area contributed by atoms with E-state index in [-0.39, 0.29) is 10.7 Å². The summed E-state index contributed by atoms with van der Waals surface area (Å²) in [6.45, 7) is 1.67. The molecule has 0 fully saturated rings. The lowest BCUT2D eigenvalue weighted by atomic mass is 10.1. The Morgan fingerprint density at radius 3 is 2.33 bits per heavy atom. The molecule has 0 atom stereocenters. The highest BCUT2D eigenvalue weighted by atomic mass is 35.5. The first-order chi connectivity index (χ1) is 11.4. The molecule has 0 radical (unpaired) electrons. The molecule has 0 unspecified atom stereocenters. The van der Waals surface area contributed by atoms with Gasteiger partial charge in [0.25, 0.3) is 0 Å². The van der Waals surface area contributed by atoms with E-state index in [4.69, 9.17) is 23.2 Å². The average molecular weight is 368 g/mol. The van der Waals surface area contributed by atoms with Gasteiger partial charge in [-0.05, 0) is 42.8 Å². The zero-order valence-electron chi connectivity index (χ0n) is 12.4. The molecular formula is C16H12Cl2FN3O2. The number of hydrazone groups is 1. The van der Waals surface area contributed by atoms with Gasteiger partial charge in [-0.15, -0.1) is 0 Å². The third-order valence-electron chi connectivity index (χ3n) is 2.97. The molecule has 0 aliphatic carbocycles. The SMILES string of the molecule is C/C(=N\NC(=O)C(=O)Nc1ccc(F)c(Cl)c1)c1ccc(Cl)cc1. The van der Waals surface area contributed by atoms with E-state index in [0.29, 0.717) is 10.7 Å². The van der Waals surface area contributed by atoms with E-state index in [9.17, 15) is 14.0 Å². The lowest BCUT2D eigenvalue weighted by Gasteiger charge is -2.06. The molecule has 124 valence electrons. The van der Waals surface area contributed by atoms with Gasteiger partial charge in [-0.3, -0.25) is 9.59 Å². The number of halogens is 3. The van der Waals surface area contributed by atoms with Gasteiger partial charge >= 0.3 is 11.8 Å². The summed E-state index contributed by atoms with van der Waals surface area (Å²) < 4.78 is 13.0. The molecule has 8 heteroatoms. The fourth-order valence-electron chi connectivity index (χ4n) is 1.70. The Hall–Kier alpha value is -2.44. The summed E-state index contributed by atoms with van der Waals surface area (Å²) in [5.41, 5.74) is 3.57. The van der Waals surface area contributed by atoms with Crippen LogP contribution in [-0.4, -0.2) is 17.5 Å². The maximum Gasteiger partial charge on any atom is 0.329 e. The second-order valence-electron chi connectivity index (χ2n) is 4.73. The molecule has 24 heavy (non-hydrogen) atoms. The minimum atomic E-state index is -0.969. The van der Waals surface area contributed by atoms with E-state index in [1.165, 1.54) is 12.1 Å². The largest absolute Gasteiger partial charge is 0.329 e. The summed E-state index contributed by atoms with van der Waals surface area (Å²) in [5.74, 6) is -2.55. The standard InChI is InChI=1S/C16H12Cl2FN3O2/c1-9(10-2-4-11(17)5-3-10)21-22-16(24)15(23)20-12-6-7-14(19)13(18)8-12/h2-8H,1H3,(H,20,23)(H,22,24)/b21-9+. The number of benzene rings is 2. The van der Waals surface area contributed by atoms with Crippen LogP contribution in [0.15, 0.2) is 47.6 Å². The van der Waals surface area contributed by atoms with Gasteiger partial charge in [-0.25, -0.2) is 9.82 Å². The third-order valence-corrected chi connectivity index (χ3v) is 3.51. The van der Waals surface area contributed by atoms with Gasteiger partial charge in [0, 0.05) is 10.7 Å². The molecule has 2 aromatic rings. The molecule has 0 aliphatic heterocycles. The van der Waals surface area contributed by atoms with Gasteiger partial charge in [0.2, 0.25) is 0 Å². The van der Waals surface area contributed by atoms with Crippen LogP contribution in [0.2, 0.25) is 10.0 Å². The van der Waals surface area contributed by atoms with Crippen molar-refractivity contribution in [1.29, 1.82) is 0 Å². The van der Waals surface area contributed by atoms with E-state index in [1.54, 1.807) is 31.2 Å². The van der Waals surface area contributed by atoms with E-state index in [0.717, 1.165) is 11.6 Å². The first-order valence-electron chi connectivity index (χ1n) is 6.73. The number of nitrogens with one attached hydrogen (secondary N) is 2. The molecule has 5 nitrogen and oxygen atoms in total. The molecule has 0 saturated carbocycles. The molecule has 0 bridgehead atoms. The Kier molecular flexibility index (Phi) is 5.89. The van der Waals surface area contributed by atoms with Crippen molar-refractivity contribution in [2.24, 2.45) is 5.10 Å². The fourth-order valence-corrected chi connectivity index (χ4v) is 2.01.